The van der Waals surface area contributed by atoms with E-state index in [4.69, 9.17) is 0 Å². The summed E-state index contributed by atoms with van der Waals surface area (Å²) >= 11 is 0. The second kappa shape index (κ2) is 6.61. The van der Waals surface area contributed by atoms with Crippen LogP contribution in [0, 0.1) is 0 Å². The smallest absolute Gasteiger partial charge is 0.0196 e. The Balaban J connectivity index is 1.89. The van der Waals surface area contributed by atoms with Crippen LogP contribution >= 0.6 is 0 Å². The first-order valence-corrected chi connectivity index (χ1v) is 6.79. The van der Waals surface area contributed by atoms with Crippen molar-refractivity contribution in [3.05, 3.63) is 47.5 Å². The molecule has 0 radical (unpaired) electrons. The number of hydrogen-bond donors (Lipinski definition) is 0. The van der Waals surface area contributed by atoms with Crippen molar-refractivity contribution in [2.75, 3.05) is 19.6 Å². The fraction of sp³-hybridized carbons (Fsp3) is 0.500. The van der Waals surface area contributed by atoms with Crippen LogP contribution in [-0.4, -0.2) is 24.5 Å². The van der Waals surface area contributed by atoms with Crippen molar-refractivity contribution in [2.24, 2.45) is 0 Å². The van der Waals surface area contributed by atoms with Crippen LogP contribution in [0.4, 0.5) is 0 Å². The number of rotatable bonds is 4. The summed E-state index contributed by atoms with van der Waals surface area (Å²) in [5.74, 6) is 0. The van der Waals surface area contributed by atoms with Gasteiger partial charge in [0.2, 0.25) is 0 Å². The van der Waals surface area contributed by atoms with Gasteiger partial charge in [-0.2, -0.15) is 0 Å². The Kier molecular flexibility index (Phi) is 4.81. The van der Waals surface area contributed by atoms with Crippen molar-refractivity contribution >= 4 is 0 Å². The van der Waals surface area contributed by atoms with Gasteiger partial charge in [-0.3, -0.25) is 4.90 Å². The van der Waals surface area contributed by atoms with Crippen LogP contribution in [0.25, 0.3) is 0 Å². The molecule has 1 saturated heterocycles. The standard InChI is InChI=1S/C16H23N/c1-2-15(13-16-9-5-3-6-10-16)14-17-11-7-4-8-12-17/h2-3,5-6,9-10H,4,7-8,11-14H2,1H3. The lowest BCUT2D eigenvalue weighted by Gasteiger charge is -2.27. The third kappa shape index (κ3) is 4.01. The zero-order chi connectivity index (χ0) is 11.9. The van der Waals surface area contributed by atoms with Crippen molar-refractivity contribution in [3.63, 3.8) is 0 Å². The van der Waals surface area contributed by atoms with Gasteiger partial charge in [-0.1, -0.05) is 48.4 Å². The Labute approximate surface area is 105 Å². The third-order valence-electron chi connectivity index (χ3n) is 3.56. The monoisotopic (exact) mass is 229 g/mol. The molecule has 1 fully saturated rings. The lowest BCUT2D eigenvalue weighted by molar-refractivity contribution is 0.245. The molecule has 1 nitrogen and oxygen atoms in total. The van der Waals surface area contributed by atoms with Crippen LogP contribution in [0.5, 0.6) is 0 Å². The summed E-state index contributed by atoms with van der Waals surface area (Å²) in [7, 11) is 0. The summed E-state index contributed by atoms with van der Waals surface area (Å²) in [6, 6.07) is 10.8. The summed E-state index contributed by atoms with van der Waals surface area (Å²) in [6.07, 6.45) is 7.57. The molecule has 1 heteroatoms. The molecule has 17 heavy (non-hydrogen) atoms. The van der Waals surface area contributed by atoms with Crippen molar-refractivity contribution < 1.29 is 0 Å². The van der Waals surface area contributed by atoms with E-state index in [1.165, 1.54) is 37.9 Å². The highest BCUT2D eigenvalue weighted by Gasteiger charge is 2.11. The zero-order valence-electron chi connectivity index (χ0n) is 10.9. The Bertz CT molecular complexity index is 347. The Morgan fingerprint density at radius 1 is 1.12 bits per heavy atom. The molecule has 0 bridgehead atoms. The van der Waals surface area contributed by atoms with Crippen LogP contribution in [-0.2, 0) is 6.42 Å². The van der Waals surface area contributed by atoms with Crippen molar-refractivity contribution in [1.82, 2.24) is 4.90 Å². The van der Waals surface area contributed by atoms with Crippen LogP contribution < -0.4 is 0 Å². The second-order valence-electron chi connectivity index (χ2n) is 4.95. The second-order valence-corrected chi connectivity index (χ2v) is 4.95. The maximum atomic E-state index is 2.60. The summed E-state index contributed by atoms with van der Waals surface area (Å²) in [6.45, 7) is 5.89. The third-order valence-corrected chi connectivity index (χ3v) is 3.56. The highest BCUT2D eigenvalue weighted by atomic mass is 15.1. The van der Waals surface area contributed by atoms with Crippen molar-refractivity contribution in [2.45, 2.75) is 32.6 Å². The molecule has 0 saturated carbocycles. The molecule has 0 aromatic heterocycles. The maximum absolute atomic E-state index is 2.60. The number of nitrogens with zero attached hydrogens (tertiary/aromatic N) is 1. The van der Waals surface area contributed by atoms with Crippen molar-refractivity contribution in [1.29, 1.82) is 0 Å². The first kappa shape index (κ1) is 12.4. The van der Waals surface area contributed by atoms with Gasteiger partial charge in [0.1, 0.15) is 0 Å². The molecule has 1 aromatic rings. The van der Waals surface area contributed by atoms with Crippen molar-refractivity contribution in [3.8, 4) is 0 Å². The molecule has 0 amide bonds. The van der Waals surface area contributed by atoms with Crippen LogP contribution in [0.2, 0.25) is 0 Å². The minimum absolute atomic E-state index is 1.10. The van der Waals surface area contributed by atoms with E-state index in [0.29, 0.717) is 0 Å². The number of likely N-dealkylation sites (tertiary alicyclic amines) is 1. The van der Waals surface area contributed by atoms with Gasteiger partial charge >= 0.3 is 0 Å². The van der Waals surface area contributed by atoms with E-state index >= 15 is 0 Å². The molecule has 1 aliphatic rings. The molecule has 1 aliphatic heterocycles. The number of piperidine rings is 1. The van der Waals surface area contributed by atoms with Crippen LogP contribution in [0.1, 0.15) is 31.7 Å². The minimum atomic E-state index is 1.10. The molecule has 0 unspecified atom stereocenters. The SMILES string of the molecule is CC=C(Cc1ccccc1)CN1CCCCC1. The number of allylic oxidation sites excluding steroid dienone is 1. The molecule has 0 aliphatic carbocycles. The summed E-state index contributed by atoms with van der Waals surface area (Å²) in [4.78, 5) is 2.60. The van der Waals surface area contributed by atoms with E-state index in [1.54, 1.807) is 5.57 Å². The molecule has 1 aromatic carbocycles. The predicted molar refractivity (Wildman–Crippen MR) is 74.2 cm³/mol. The highest BCUT2D eigenvalue weighted by molar-refractivity contribution is 5.22. The molecule has 1 heterocycles. The van der Waals surface area contributed by atoms with Gasteiger partial charge in [0, 0.05) is 6.54 Å². The van der Waals surface area contributed by atoms with E-state index in [2.05, 4.69) is 48.2 Å². The van der Waals surface area contributed by atoms with Gasteiger partial charge < -0.3 is 0 Å². The average Bonchev–Trinajstić information content (AvgIpc) is 2.40. The Hall–Kier alpha value is -1.08. The van der Waals surface area contributed by atoms with Crippen LogP contribution in [0.15, 0.2) is 42.0 Å². The van der Waals surface area contributed by atoms with E-state index in [-0.39, 0.29) is 0 Å². The first-order chi connectivity index (χ1) is 8.38. The predicted octanol–water partition coefficient (Wildman–Crippen LogP) is 3.66. The van der Waals surface area contributed by atoms with E-state index in [0.717, 1.165) is 13.0 Å². The maximum Gasteiger partial charge on any atom is 0.0196 e. The molecule has 0 N–H and O–H groups in total. The molecule has 0 atom stereocenters. The zero-order valence-corrected chi connectivity index (χ0v) is 10.9. The van der Waals surface area contributed by atoms with E-state index in [9.17, 15) is 0 Å². The molecular weight excluding hydrogens is 206 g/mol. The van der Waals surface area contributed by atoms with Gasteiger partial charge in [0.15, 0.2) is 0 Å². The Morgan fingerprint density at radius 3 is 2.47 bits per heavy atom. The summed E-state index contributed by atoms with van der Waals surface area (Å²) in [5.41, 5.74) is 2.98. The fourth-order valence-electron chi connectivity index (χ4n) is 2.51. The fourth-order valence-corrected chi connectivity index (χ4v) is 2.51. The first-order valence-electron chi connectivity index (χ1n) is 6.79. The average molecular weight is 229 g/mol. The van der Waals surface area contributed by atoms with Crippen LogP contribution in [0.3, 0.4) is 0 Å². The Morgan fingerprint density at radius 2 is 1.82 bits per heavy atom. The topological polar surface area (TPSA) is 3.24 Å². The van der Waals surface area contributed by atoms with E-state index in [1.807, 2.05) is 0 Å². The summed E-state index contributed by atoms with van der Waals surface area (Å²) in [5, 5.41) is 0. The lowest BCUT2D eigenvalue weighted by Crippen LogP contribution is -2.31. The van der Waals surface area contributed by atoms with Gasteiger partial charge in [-0.25, -0.2) is 0 Å². The number of hydrogen-bond acceptors (Lipinski definition) is 1. The highest BCUT2D eigenvalue weighted by Crippen LogP contribution is 2.14. The van der Waals surface area contributed by atoms with Gasteiger partial charge in [0.05, 0.1) is 0 Å². The molecule has 92 valence electrons. The normalized spacial score (nSPS) is 18.3. The van der Waals surface area contributed by atoms with Gasteiger partial charge in [0.25, 0.3) is 0 Å². The molecule has 0 spiro atoms. The minimum Gasteiger partial charge on any atom is -0.299 e. The van der Waals surface area contributed by atoms with E-state index < -0.39 is 0 Å². The summed E-state index contributed by atoms with van der Waals surface area (Å²) < 4.78 is 0. The van der Waals surface area contributed by atoms with Gasteiger partial charge in [-0.15, -0.1) is 0 Å². The molecular formula is C16H23N. The largest absolute Gasteiger partial charge is 0.299 e. The molecule has 2 rings (SSSR count). The lowest BCUT2D eigenvalue weighted by atomic mass is 10.0. The number of benzene rings is 1. The quantitative estimate of drug-likeness (QED) is 0.712. The van der Waals surface area contributed by atoms with Gasteiger partial charge in [-0.05, 0) is 44.8 Å².